The fraction of sp³-hybridized carbons (Fsp3) is 0.471. The number of fused-ring (bicyclic) bond motifs is 1. The van der Waals surface area contributed by atoms with Crippen LogP contribution in [0.1, 0.15) is 24.0 Å². The summed E-state index contributed by atoms with van der Waals surface area (Å²) < 4.78 is 23.7. The largest absolute Gasteiger partial charge is 0.281 e. The third-order valence-electron chi connectivity index (χ3n) is 5.65. The van der Waals surface area contributed by atoms with Crippen LogP contribution in [-0.4, -0.2) is 20.9 Å². The van der Waals surface area contributed by atoms with E-state index in [0.717, 1.165) is 24.1 Å². The fourth-order valence-electron chi connectivity index (χ4n) is 4.49. The van der Waals surface area contributed by atoms with E-state index >= 15 is 0 Å². The smallest absolute Gasteiger partial charge is 0.101 e. The number of anilines is 1. The Morgan fingerprint density at radius 3 is 2.57 bits per heavy atom. The molecule has 5 rings (SSSR count). The Morgan fingerprint density at radius 2 is 1.96 bits per heavy atom. The van der Waals surface area contributed by atoms with Crippen molar-refractivity contribution in [3.05, 3.63) is 40.4 Å². The van der Waals surface area contributed by atoms with Crippen LogP contribution in [-0.2, 0) is 0 Å². The van der Waals surface area contributed by atoms with E-state index < -0.39 is 10.8 Å². The van der Waals surface area contributed by atoms with Crippen molar-refractivity contribution in [2.75, 3.05) is 10.8 Å². The highest BCUT2D eigenvalue weighted by atomic mass is 35.5. The maximum Gasteiger partial charge on any atom is 0.101 e. The van der Waals surface area contributed by atoms with Gasteiger partial charge in [0.2, 0.25) is 0 Å². The highest BCUT2D eigenvalue weighted by molar-refractivity contribution is 8.26. The minimum Gasteiger partial charge on any atom is -0.281 e. The van der Waals surface area contributed by atoms with E-state index in [9.17, 15) is 9.11 Å². The number of hydrogen-bond donors (Lipinski definition) is 2. The summed E-state index contributed by atoms with van der Waals surface area (Å²) >= 11 is 6.28. The molecule has 0 spiro atoms. The van der Waals surface area contributed by atoms with Gasteiger partial charge in [-0.3, -0.25) is 13.4 Å². The molecule has 1 heterocycles. The summed E-state index contributed by atoms with van der Waals surface area (Å²) in [5.41, 5.74) is 1.90. The molecule has 2 bridgehead atoms. The first-order valence-electron chi connectivity index (χ1n) is 7.87. The third kappa shape index (κ3) is 2.06. The van der Waals surface area contributed by atoms with E-state index in [0.29, 0.717) is 23.0 Å². The van der Waals surface area contributed by atoms with Crippen molar-refractivity contribution in [3.8, 4) is 6.07 Å². The Hall–Kier alpha value is -1.19. The standard InChI is InChI=1S/C17H19ClN2O2S/c1-10-15(7-6-13(8-19)16(10)18)20-9-14-11-2-4-12(5-3-11)17(14)23(20,21)22/h2,4,6-7,11-12,14,17,21-22H,3,5,9H2,1H3/t11?,12?,14-,17+/m0/s1. The Labute approximate surface area is 142 Å². The van der Waals surface area contributed by atoms with Gasteiger partial charge in [0.1, 0.15) is 6.07 Å². The molecule has 23 heavy (non-hydrogen) atoms. The summed E-state index contributed by atoms with van der Waals surface area (Å²) in [6.07, 6.45) is 6.61. The second-order valence-electron chi connectivity index (χ2n) is 6.72. The van der Waals surface area contributed by atoms with Gasteiger partial charge in [-0.25, -0.2) is 0 Å². The van der Waals surface area contributed by atoms with Crippen LogP contribution in [0.25, 0.3) is 0 Å². The molecule has 4 atom stereocenters. The van der Waals surface area contributed by atoms with Crippen LogP contribution in [0.3, 0.4) is 0 Å². The maximum absolute atomic E-state index is 11.0. The number of benzene rings is 1. The SMILES string of the molecule is Cc1c(N2C[C@H]3C4C=CC(CC4)[C@H]3S2(O)O)ccc(C#N)c1Cl. The van der Waals surface area contributed by atoms with Crippen LogP contribution in [0.2, 0.25) is 5.02 Å². The summed E-state index contributed by atoms with van der Waals surface area (Å²) in [6, 6.07) is 5.52. The first-order valence-corrected chi connectivity index (χ1v) is 9.82. The molecule has 1 aromatic carbocycles. The molecule has 4 aliphatic rings. The molecular formula is C17H19ClN2O2S. The van der Waals surface area contributed by atoms with Crippen LogP contribution in [0.15, 0.2) is 24.3 Å². The van der Waals surface area contributed by atoms with Gasteiger partial charge in [0, 0.05) is 12.5 Å². The van der Waals surface area contributed by atoms with Crippen molar-refractivity contribution in [1.29, 1.82) is 5.26 Å². The van der Waals surface area contributed by atoms with E-state index in [1.165, 1.54) is 0 Å². The highest BCUT2D eigenvalue weighted by Gasteiger charge is 2.55. The van der Waals surface area contributed by atoms with Gasteiger partial charge >= 0.3 is 0 Å². The summed E-state index contributed by atoms with van der Waals surface area (Å²) in [7, 11) is -2.89. The van der Waals surface area contributed by atoms with Crippen molar-refractivity contribution in [2.45, 2.75) is 25.0 Å². The Kier molecular flexibility index (Phi) is 3.44. The van der Waals surface area contributed by atoms with E-state index in [1.54, 1.807) is 16.4 Å². The summed E-state index contributed by atoms with van der Waals surface area (Å²) in [5.74, 6) is 0.988. The van der Waals surface area contributed by atoms with Crippen LogP contribution >= 0.6 is 22.4 Å². The molecule has 0 aromatic heterocycles. The maximum atomic E-state index is 11.0. The molecule has 0 radical (unpaired) electrons. The fourth-order valence-corrected chi connectivity index (χ4v) is 7.31. The molecule has 6 heteroatoms. The molecule has 1 aromatic rings. The Morgan fingerprint density at radius 1 is 1.26 bits per heavy atom. The topological polar surface area (TPSA) is 67.5 Å². The Balaban J connectivity index is 1.77. The van der Waals surface area contributed by atoms with Gasteiger partial charge in [-0.2, -0.15) is 5.26 Å². The lowest BCUT2D eigenvalue weighted by molar-refractivity contribution is 0.239. The van der Waals surface area contributed by atoms with Gasteiger partial charge in [0.15, 0.2) is 0 Å². The van der Waals surface area contributed by atoms with Gasteiger partial charge < -0.3 is 0 Å². The highest BCUT2D eigenvalue weighted by Crippen LogP contribution is 2.66. The van der Waals surface area contributed by atoms with Gasteiger partial charge in [0.25, 0.3) is 0 Å². The molecule has 1 saturated heterocycles. The van der Waals surface area contributed by atoms with Crippen molar-refractivity contribution in [1.82, 2.24) is 0 Å². The van der Waals surface area contributed by atoms with Crippen molar-refractivity contribution in [3.63, 3.8) is 0 Å². The number of rotatable bonds is 1. The average Bonchev–Trinajstić information content (AvgIpc) is 2.85. The third-order valence-corrected chi connectivity index (χ3v) is 8.56. The monoisotopic (exact) mass is 350 g/mol. The molecular weight excluding hydrogens is 332 g/mol. The minimum absolute atomic E-state index is 0.0833. The minimum atomic E-state index is -2.89. The zero-order valence-electron chi connectivity index (χ0n) is 12.8. The van der Waals surface area contributed by atoms with Gasteiger partial charge in [0.05, 0.1) is 21.5 Å². The second kappa shape index (κ2) is 5.15. The van der Waals surface area contributed by atoms with E-state index in [-0.39, 0.29) is 17.1 Å². The molecule has 3 aliphatic carbocycles. The summed E-state index contributed by atoms with van der Waals surface area (Å²) in [6.45, 7) is 2.48. The molecule has 122 valence electrons. The van der Waals surface area contributed by atoms with Crippen LogP contribution in [0.5, 0.6) is 0 Å². The number of halogens is 1. The molecule has 2 fully saturated rings. The summed E-state index contributed by atoms with van der Waals surface area (Å²) in [5, 5.41) is 9.41. The van der Waals surface area contributed by atoms with Gasteiger partial charge in [-0.05, 0) is 49.3 Å². The average molecular weight is 351 g/mol. The van der Waals surface area contributed by atoms with Crippen LogP contribution in [0, 0.1) is 36.0 Å². The van der Waals surface area contributed by atoms with Crippen molar-refractivity contribution in [2.24, 2.45) is 17.8 Å². The number of hydrogen-bond acceptors (Lipinski definition) is 4. The first-order chi connectivity index (χ1) is 10.9. The number of allylic oxidation sites excluding steroid dienone is 2. The molecule has 2 unspecified atom stereocenters. The van der Waals surface area contributed by atoms with E-state index in [2.05, 4.69) is 18.2 Å². The second-order valence-corrected chi connectivity index (χ2v) is 9.21. The molecule has 4 nitrogen and oxygen atoms in total. The number of nitrogens with zero attached hydrogens (tertiary/aromatic N) is 2. The molecule has 2 N–H and O–H groups in total. The zero-order chi connectivity index (χ0) is 16.4. The zero-order valence-corrected chi connectivity index (χ0v) is 14.4. The predicted molar refractivity (Wildman–Crippen MR) is 93.7 cm³/mol. The molecule has 0 amide bonds. The van der Waals surface area contributed by atoms with Gasteiger partial charge in [-0.15, -0.1) is 10.8 Å². The lowest BCUT2D eigenvalue weighted by Crippen LogP contribution is -2.40. The predicted octanol–water partition coefficient (Wildman–Crippen LogP) is 4.59. The normalized spacial score (nSPS) is 35.0. The van der Waals surface area contributed by atoms with Gasteiger partial charge in [-0.1, -0.05) is 23.8 Å². The summed E-state index contributed by atoms with van der Waals surface area (Å²) in [4.78, 5) is 0. The van der Waals surface area contributed by atoms with Crippen LogP contribution in [0.4, 0.5) is 5.69 Å². The quantitative estimate of drug-likeness (QED) is 0.727. The van der Waals surface area contributed by atoms with Crippen molar-refractivity contribution < 1.29 is 9.11 Å². The number of nitriles is 1. The van der Waals surface area contributed by atoms with E-state index in [4.69, 9.17) is 16.9 Å². The lowest BCUT2D eigenvalue weighted by Gasteiger charge is -2.49. The van der Waals surface area contributed by atoms with E-state index in [1.807, 2.05) is 6.92 Å². The van der Waals surface area contributed by atoms with Crippen molar-refractivity contribution >= 4 is 28.1 Å². The Bertz CT molecular complexity index is 743. The molecule has 1 aliphatic heterocycles. The van der Waals surface area contributed by atoms with Crippen LogP contribution < -0.4 is 4.31 Å². The molecule has 1 saturated carbocycles. The lowest BCUT2D eigenvalue weighted by atomic mass is 9.69. The first kappa shape index (κ1) is 15.3.